The minimum absolute atomic E-state index is 0.184. The molecule has 3 atom stereocenters. The van der Waals surface area contributed by atoms with Crippen molar-refractivity contribution in [3.8, 4) is 0 Å². The molecule has 1 aromatic rings. The van der Waals surface area contributed by atoms with Crippen LogP contribution in [0.3, 0.4) is 0 Å². The maximum atomic E-state index is 6.17. The quantitative estimate of drug-likeness (QED) is 0.904. The summed E-state index contributed by atoms with van der Waals surface area (Å²) in [5.41, 5.74) is 1.18. The summed E-state index contributed by atoms with van der Waals surface area (Å²) in [5, 5.41) is 7.92. The van der Waals surface area contributed by atoms with Crippen LogP contribution in [0.25, 0.3) is 0 Å². The molecule has 2 fully saturated rings. The summed E-state index contributed by atoms with van der Waals surface area (Å²) in [6.07, 6.45) is 4.65. The van der Waals surface area contributed by atoms with Gasteiger partial charge in [0.05, 0.1) is 35.1 Å². The van der Waals surface area contributed by atoms with Crippen molar-refractivity contribution in [1.82, 2.24) is 20.0 Å². The lowest BCUT2D eigenvalue weighted by molar-refractivity contribution is -0.0662. The van der Waals surface area contributed by atoms with Crippen molar-refractivity contribution < 1.29 is 4.74 Å². The highest BCUT2D eigenvalue weighted by atomic mass is 79.9. The first-order chi connectivity index (χ1) is 9.70. The van der Waals surface area contributed by atoms with Crippen LogP contribution in [0.2, 0.25) is 0 Å². The fourth-order valence-electron chi connectivity index (χ4n) is 3.44. The Morgan fingerprint density at radius 2 is 2.45 bits per heavy atom. The van der Waals surface area contributed by atoms with Gasteiger partial charge in [-0.3, -0.25) is 9.58 Å². The van der Waals surface area contributed by atoms with Gasteiger partial charge in [0.15, 0.2) is 0 Å². The molecule has 5 nitrogen and oxygen atoms in total. The number of hydrogen-bond acceptors (Lipinski definition) is 4. The van der Waals surface area contributed by atoms with Crippen LogP contribution in [-0.4, -0.2) is 53.1 Å². The van der Waals surface area contributed by atoms with Crippen LogP contribution in [0, 0.1) is 0 Å². The monoisotopic (exact) mass is 342 g/mol. The van der Waals surface area contributed by atoms with E-state index in [0.717, 1.165) is 24.2 Å². The van der Waals surface area contributed by atoms with Crippen molar-refractivity contribution in [2.75, 3.05) is 26.2 Å². The van der Waals surface area contributed by atoms with Crippen molar-refractivity contribution in [2.45, 2.75) is 38.0 Å². The van der Waals surface area contributed by atoms with Gasteiger partial charge in [-0.25, -0.2) is 0 Å². The highest BCUT2D eigenvalue weighted by molar-refractivity contribution is 9.10. The molecule has 0 amide bonds. The largest absolute Gasteiger partial charge is 0.373 e. The van der Waals surface area contributed by atoms with Crippen LogP contribution in [0.5, 0.6) is 0 Å². The molecule has 0 radical (unpaired) electrons. The standard InChI is InChI=1S/C14H23BrN4O/c1-3-16-13(14-11(15)7-17-18(14)2)12-8-19-6-4-5-10(19)9-20-12/h7,10,12-13,16H,3-6,8-9H2,1-2H3. The molecule has 3 rings (SSSR count). The van der Waals surface area contributed by atoms with Gasteiger partial charge in [0.2, 0.25) is 0 Å². The Labute approximate surface area is 128 Å². The zero-order valence-electron chi connectivity index (χ0n) is 12.2. The summed E-state index contributed by atoms with van der Waals surface area (Å²) in [5.74, 6) is 0. The smallest absolute Gasteiger partial charge is 0.0912 e. The third-order valence-electron chi connectivity index (χ3n) is 4.44. The lowest BCUT2D eigenvalue weighted by atomic mass is 10.0. The molecule has 3 heterocycles. The molecule has 6 heteroatoms. The molecule has 2 aliphatic rings. The van der Waals surface area contributed by atoms with Crippen molar-refractivity contribution in [1.29, 1.82) is 0 Å². The first-order valence-corrected chi connectivity index (χ1v) is 8.26. The molecular formula is C14H23BrN4O. The molecule has 20 heavy (non-hydrogen) atoms. The minimum atomic E-state index is 0.184. The highest BCUT2D eigenvalue weighted by Gasteiger charge is 2.37. The first-order valence-electron chi connectivity index (χ1n) is 7.47. The molecule has 0 saturated carbocycles. The molecule has 2 aliphatic heterocycles. The van der Waals surface area contributed by atoms with Gasteiger partial charge < -0.3 is 10.1 Å². The summed E-state index contributed by atoms with van der Waals surface area (Å²) in [6.45, 7) is 6.16. The number of rotatable bonds is 4. The number of ether oxygens (including phenoxy) is 1. The summed E-state index contributed by atoms with van der Waals surface area (Å²) in [6, 6.07) is 0.826. The van der Waals surface area contributed by atoms with Gasteiger partial charge in [-0.2, -0.15) is 5.10 Å². The third kappa shape index (κ3) is 2.66. The van der Waals surface area contributed by atoms with Gasteiger partial charge in [-0.05, 0) is 41.9 Å². The third-order valence-corrected chi connectivity index (χ3v) is 5.06. The second kappa shape index (κ2) is 6.13. The number of fused-ring (bicyclic) bond motifs is 1. The van der Waals surface area contributed by atoms with Gasteiger partial charge in [0.1, 0.15) is 0 Å². The Hall–Kier alpha value is -0.430. The predicted octanol–water partition coefficient (Wildman–Crippen LogP) is 1.70. The molecule has 0 aromatic carbocycles. The zero-order chi connectivity index (χ0) is 14.1. The minimum Gasteiger partial charge on any atom is -0.373 e. The molecule has 3 unspecified atom stereocenters. The molecule has 0 aliphatic carbocycles. The van der Waals surface area contributed by atoms with Crippen molar-refractivity contribution in [3.63, 3.8) is 0 Å². The molecular weight excluding hydrogens is 320 g/mol. The Kier molecular flexibility index (Phi) is 4.45. The van der Waals surface area contributed by atoms with Crippen LogP contribution < -0.4 is 5.32 Å². The molecule has 1 aromatic heterocycles. The summed E-state index contributed by atoms with van der Waals surface area (Å²) in [7, 11) is 1.99. The topological polar surface area (TPSA) is 42.3 Å². The Bertz CT molecular complexity index is 445. The van der Waals surface area contributed by atoms with E-state index in [1.54, 1.807) is 0 Å². The SMILES string of the molecule is CCNC(c1c(Br)cnn1C)C1CN2CCCC2CO1. The van der Waals surface area contributed by atoms with E-state index in [1.807, 2.05) is 17.9 Å². The van der Waals surface area contributed by atoms with E-state index in [0.29, 0.717) is 6.04 Å². The number of morpholine rings is 1. The maximum Gasteiger partial charge on any atom is 0.0912 e. The molecule has 112 valence electrons. The van der Waals surface area contributed by atoms with Crippen LogP contribution in [0.1, 0.15) is 31.5 Å². The van der Waals surface area contributed by atoms with Crippen molar-refractivity contribution in [2.24, 2.45) is 7.05 Å². The normalized spacial score (nSPS) is 28.6. The Morgan fingerprint density at radius 1 is 1.60 bits per heavy atom. The molecule has 0 spiro atoms. The molecule has 0 bridgehead atoms. The van der Waals surface area contributed by atoms with E-state index in [-0.39, 0.29) is 12.1 Å². The summed E-state index contributed by atoms with van der Waals surface area (Å²) >= 11 is 3.62. The zero-order valence-corrected chi connectivity index (χ0v) is 13.8. The predicted molar refractivity (Wildman–Crippen MR) is 81.7 cm³/mol. The van der Waals surface area contributed by atoms with Crippen LogP contribution in [0.4, 0.5) is 0 Å². The number of nitrogens with zero attached hydrogens (tertiary/aromatic N) is 3. The van der Waals surface area contributed by atoms with E-state index >= 15 is 0 Å². The fraction of sp³-hybridized carbons (Fsp3) is 0.786. The number of aromatic nitrogens is 2. The first kappa shape index (κ1) is 14.5. The Balaban J connectivity index is 1.80. The number of nitrogens with one attached hydrogen (secondary N) is 1. The molecule has 2 saturated heterocycles. The van der Waals surface area contributed by atoms with Crippen molar-refractivity contribution >= 4 is 15.9 Å². The maximum absolute atomic E-state index is 6.17. The van der Waals surface area contributed by atoms with E-state index in [4.69, 9.17) is 4.74 Å². The van der Waals surface area contributed by atoms with Gasteiger partial charge in [-0.15, -0.1) is 0 Å². The fourth-order valence-corrected chi connectivity index (χ4v) is 4.03. The summed E-state index contributed by atoms with van der Waals surface area (Å²) < 4.78 is 9.17. The molecule has 1 N–H and O–H groups in total. The number of likely N-dealkylation sites (N-methyl/N-ethyl adjacent to an activating group) is 1. The summed E-state index contributed by atoms with van der Waals surface area (Å²) in [4.78, 5) is 2.59. The Morgan fingerprint density at radius 3 is 3.15 bits per heavy atom. The average molecular weight is 343 g/mol. The van der Waals surface area contributed by atoms with Gasteiger partial charge in [0, 0.05) is 19.6 Å². The lowest BCUT2D eigenvalue weighted by Gasteiger charge is -2.39. The van der Waals surface area contributed by atoms with Crippen LogP contribution in [0.15, 0.2) is 10.7 Å². The van der Waals surface area contributed by atoms with Crippen LogP contribution in [-0.2, 0) is 11.8 Å². The van der Waals surface area contributed by atoms with Gasteiger partial charge in [0.25, 0.3) is 0 Å². The number of hydrogen-bond donors (Lipinski definition) is 1. The van der Waals surface area contributed by atoms with E-state index in [9.17, 15) is 0 Å². The average Bonchev–Trinajstić information content (AvgIpc) is 3.03. The number of aryl methyl sites for hydroxylation is 1. The van der Waals surface area contributed by atoms with Gasteiger partial charge in [-0.1, -0.05) is 6.92 Å². The van der Waals surface area contributed by atoms with E-state index in [2.05, 4.69) is 38.2 Å². The number of halogens is 1. The van der Waals surface area contributed by atoms with Crippen molar-refractivity contribution in [3.05, 3.63) is 16.4 Å². The second-order valence-electron chi connectivity index (χ2n) is 5.70. The lowest BCUT2D eigenvalue weighted by Crippen LogP contribution is -2.51. The van der Waals surface area contributed by atoms with Crippen LogP contribution >= 0.6 is 15.9 Å². The van der Waals surface area contributed by atoms with E-state index in [1.165, 1.54) is 25.1 Å². The second-order valence-corrected chi connectivity index (χ2v) is 6.55. The highest BCUT2D eigenvalue weighted by Crippen LogP contribution is 2.31. The van der Waals surface area contributed by atoms with E-state index < -0.39 is 0 Å². The van der Waals surface area contributed by atoms with Gasteiger partial charge >= 0.3 is 0 Å².